The van der Waals surface area contributed by atoms with E-state index in [1.165, 1.54) is 13.0 Å². The Kier molecular flexibility index (Phi) is 3.91. The molecule has 1 amide bonds. The number of rotatable bonds is 4. The summed E-state index contributed by atoms with van der Waals surface area (Å²) in [5.41, 5.74) is 5.16. The van der Waals surface area contributed by atoms with Crippen molar-refractivity contribution in [2.24, 2.45) is 5.73 Å². The molecule has 0 aliphatic heterocycles. The largest absolute Gasteiger partial charge is 0.366 e. The molecule has 0 aliphatic carbocycles. The number of hydrogen-bond acceptors (Lipinski definition) is 3. The van der Waals surface area contributed by atoms with Gasteiger partial charge < -0.3 is 5.73 Å². The van der Waals surface area contributed by atoms with Crippen molar-refractivity contribution in [1.29, 1.82) is 0 Å². The number of carbonyl (C=O) groups excluding carboxylic acids is 1. The van der Waals surface area contributed by atoms with Crippen LogP contribution < -0.4 is 5.73 Å². The Bertz CT molecular complexity index is 291. The molecule has 0 aromatic rings. The predicted molar refractivity (Wildman–Crippen MR) is 44.0 cm³/mol. The van der Waals surface area contributed by atoms with Gasteiger partial charge in [0.1, 0.15) is 0 Å². The lowest BCUT2D eigenvalue weighted by molar-refractivity contribution is -0.114. The van der Waals surface area contributed by atoms with E-state index in [-0.39, 0.29) is 6.42 Å². The predicted octanol–water partition coefficient (Wildman–Crippen LogP) is -0.304. The summed E-state index contributed by atoms with van der Waals surface area (Å²) in [6.45, 7) is 1.48. The molecule has 0 heterocycles. The van der Waals surface area contributed by atoms with Gasteiger partial charge in [0.2, 0.25) is 5.91 Å². The number of allylic oxidation sites excluding steroid dienone is 1. The standard InChI is InChI=1S/C6H11NO4S/c1-5(6(7)8)3-2-4-12(9,10)11/h3H,2,4H2,1H3,(H2,7,8)(H,9,10,11)/b5-3+. The maximum atomic E-state index is 10.4. The fraction of sp³-hybridized carbons (Fsp3) is 0.500. The highest BCUT2D eigenvalue weighted by Crippen LogP contribution is 1.96. The summed E-state index contributed by atoms with van der Waals surface area (Å²) in [5, 5.41) is 0. The van der Waals surface area contributed by atoms with E-state index in [4.69, 9.17) is 10.3 Å². The number of nitrogens with two attached hydrogens (primary N) is 1. The van der Waals surface area contributed by atoms with Crippen molar-refractivity contribution in [3.63, 3.8) is 0 Å². The van der Waals surface area contributed by atoms with E-state index in [9.17, 15) is 13.2 Å². The summed E-state index contributed by atoms with van der Waals surface area (Å²) in [6, 6.07) is 0. The fourth-order valence-electron chi connectivity index (χ4n) is 0.525. The van der Waals surface area contributed by atoms with E-state index in [2.05, 4.69) is 0 Å². The Balaban J connectivity index is 4.00. The van der Waals surface area contributed by atoms with Gasteiger partial charge in [0.25, 0.3) is 10.1 Å². The highest BCUT2D eigenvalue weighted by molar-refractivity contribution is 7.85. The highest BCUT2D eigenvalue weighted by Gasteiger charge is 2.02. The summed E-state index contributed by atoms with van der Waals surface area (Å²) < 4.78 is 28.7. The molecule has 0 saturated heterocycles. The van der Waals surface area contributed by atoms with Crippen LogP contribution in [0.1, 0.15) is 13.3 Å². The quantitative estimate of drug-likeness (QED) is 0.473. The van der Waals surface area contributed by atoms with Crippen LogP contribution in [0.25, 0.3) is 0 Å². The Morgan fingerprint density at radius 3 is 2.42 bits per heavy atom. The van der Waals surface area contributed by atoms with Crippen molar-refractivity contribution >= 4 is 16.0 Å². The average molecular weight is 193 g/mol. The summed E-state index contributed by atoms with van der Waals surface area (Å²) in [7, 11) is -3.94. The SMILES string of the molecule is C/C(=C\CCS(=O)(=O)O)C(N)=O. The monoisotopic (exact) mass is 193 g/mol. The van der Waals surface area contributed by atoms with Gasteiger partial charge >= 0.3 is 0 Å². The molecule has 0 atom stereocenters. The molecule has 0 unspecified atom stereocenters. The van der Waals surface area contributed by atoms with Crippen molar-refractivity contribution in [2.45, 2.75) is 13.3 Å². The summed E-state index contributed by atoms with van der Waals surface area (Å²) in [4.78, 5) is 10.4. The number of carbonyl (C=O) groups is 1. The molecule has 0 bridgehead atoms. The minimum atomic E-state index is -3.94. The summed E-state index contributed by atoms with van der Waals surface area (Å²) >= 11 is 0. The first-order valence-corrected chi connectivity index (χ1v) is 4.85. The second-order valence-corrected chi connectivity index (χ2v) is 3.90. The van der Waals surface area contributed by atoms with Gasteiger partial charge in [-0.25, -0.2) is 0 Å². The van der Waals surface area contributed by atoms with Gasteiger partial charge in [-0.05, 0) is 13.3 Å². The van der Waals surface area contributed by atoms with Crippen LogP contribution in [0.5, 0.6) is 0 Å². The van der Waals surface area contributed by atoms with Crippen molar-refractivity contribution in [3.8, 4) is 0 Å². The van der Waals surface area contributed by atoms with Gasteiger partial charge in [0.05, 0.1) is 5.75 Å². The van der Waals surface area contributed by atoms with Gasteiger partial charge in [-0.15, -0.1) is 0 Å². The second kappa shape index (κ2) is 4.22. The van der Waals surface area contributed by atoms with E-state index in [0.717, 1.165) is 0 Å². The molecule has 0 spiro atoms. The molecule has 3 N–H and O–H groups in total. The van der Waals surface area contributed by atoms with Gasteiger partial charge in [-0.2, -0.15) is 8.42 Å². The topological polar surface area (TPSA) is 97.5 Å². The number of primary amides is 1. The molecule has 0 saturated carbocycles. The minimum absolute atomic E-state index is 0.0909. The summed E-state index contributed by atoms with van der Waals surface area (Å²) in [6.07, 6.45) is 1.46. The van der Waals surface area contributed by atoms with Crippen molar-refractivity contribution in [2.75, 3.05) is 5.75 Å². The lowest BCUT2D eigenvalue weighted by Crippen LogP contribution is -2.12. The molecule has 0 aromatic carbocycles. The maximum Gasteiger partial charge on any atom is 0.265 e. The lowest BCUT2D eigenvalue weighted by Gasteiger charge is -1.94. The van der Waals surface area contributed by atoms with Gasteiger partial charge in [-0.1, -0.05) is 6.08 Å². The molecule has 0 aliphatic rings. The zero-order valence-corrected chi connectivity index (χ0v) is 7.47. The summed E-state index contributed by atoms with van der Waals surface area (Å²) in [5.74, 6) is -0.984. The van der Waals surface area contributed by atoms with Crippen LogP contribution in [0.4, 0.5) is 0 Å². The third kappa shape index (κ3) is 5.87. The first-order chi connectivity index (χ1) is 5.33. The zero-order chi connectivity index (χ0) is 9.78. The van der Waals surface area contributed by atoms with Crippen LogP contribution in [-0.4, -0.2) is 24.6 Å². The normalized spacial score (nSPS) is 13.0. The third-order valence-electron chi connectivity index (χ3n) is 1.21. The molecular formula is C6H11NO4S. The van der Waals surface area contributed by atoms with Gasteiger partial charge in [0, 0.05) is 5.57 Å². The van der Waals surface area contributed by atoms with Crippen LogP contribution in [0.15, 0.2) is 11.6 Å². The molecule has 0 radical (unpaired) electrons. The smallest absolute Gasteiger partial charge is 0.265 e. The van der Waals surface area contributed by atoms with Gasteiger partial charge in [-0.3, -0.25) is 9.35 Å². The molecular weight excluding hydrogens is 182 g/mol. The fourth-order valence-corrected chi connectivity index (χ4v) is 0.941. The maximum absolute atomic E-state index is 10.4. The molecule has 70 valence electrons. The van der Waals surface area contributed by atoms with E-state index < -0.39 is 21.8 Å². The van der Waals surface area contributed by atoms with Crippen molar-refractivity contribution in [1.82, 2.24) is 0 Å². The Morgan fingerprint density at radius 1 is 1.58 bits per heavy atom. The van der Waals surface area contributed by atoms with Crippen LogP contribution in [-0.2, 0) is 14.9 Å². The Hall–Kier alpha value is -0.880. The van der Waals surface area contributed by atoms with Crippen LogP contribution >= 0.6 is 0 Å². The number of amides is 1. The third-order valence-corrected chi connectivity index (χ3v) is 1.97. The molecule has 5 nitrogen and oxygen atoms in total. The van der Waals surface area contributed by atoms with Crippen LogP contribution in [0.2, 0.25) is 0 Å². The van der Waals surface area contributed by atoms with Crippen molar-refractivity contribution < 1.29 is 17.8 Å². The molecule has 0 fully saturated rings. The highest BCUT2D eigenvalue weighted by atomic mass is 32.2. The first-order valence-electron chi connectivity index (χ1n) is 3.24. The molecule has 12 heavy (non-hydrogen) atoms. The molecule has 0 rings (SSSR count). The van der Waals surface area contributed by atoms with E-state index in [1.54, 1.807) is 0 Å². The van der Waals surface area contributed by atoms with Crippen LogP contribution in [0.3, 0.4) is 0 Å². The minimum Gasteiger partial charge on any atom is -0.366 e. The second-order valence-electron chi connectivity index (χ2n) is 2.33. The zero-order valence-electron chi connectivity index (χ0n) is 6.65. The molecule has 0 aromatic heterocycles. The molecule has 6 heteroatoms. The van der Waals surface area contributed by atoms with E-state index in [1.807, 2.05) is 0 Å². The van der Waals surface area contributed by atoms with E-state index in [0.29, 0.717) is 5.57 Å². The number of hydrogen-bond donors (Lipinski definition) is 2. The van der Waals surface area contributed by atoms with Gasteiger partial charge in [0.15, 0.2) is 0 Å². The Morgan fingerprint density at radius 2 is 2.08 bits per heavy atom. The average Bonchev–Trinajstić information content (AvgIpc) is 1.84. The lowest BCUT2D eigenvalue weighted by atomic mass is 10.2. The van der Waals surface area contributed by atoms with E-state index >= 15 is 0 Å². The van der Waals surface area contributed by atoms with Crippen molar-refractivity contribution in [3.05, 3.63) is 11.6 Å². The first kappa shape index (κ1) is 11.1. The Labute approximate surface area is 71.0 Å². The van der Waals surface area contributed by atoms with Crippen LogP contribution in [0, 0.1) is 0 Å².